The lowest BCUT2D eigenvalue weighted by Crippen LogP contribution is -0.769. The maximum atomic E-state index is 6.86. The fraction of sp³-hybridized carbons (Fsp3) is 0. The molecule has 0 amide bonds. The van der Waals surface area contributed by atoms with Crippen LogP contribution < -0.4 is 0 Å². The summed E-state index contributed by atoms with van der Waals surface area (Å²) < 4.78 is 0. The van der Waals surface area contributed by atoms with Gasteiger partial charge >= 0.3 is 0 Å². The van der Waals surface area contributed by atoms with E-state index in [4.69, 9.17) is 11.1 Å². The van der Waals surface area contributed by atoms with Gasteiger partial charge in [0, 0.05) is 0 Å². The van der Waals surface area contributed by atoms with Gasteiger partial charge in [-0.15, -0.1) is 5.53 Å². The third-order valence-electron chi connectivity index (χ3n) is 0. The zero-order valence-electron chi connectivity index (χ0n) is 1.80. The van der Waals surface area contributed by atoms with Crippen LogP contribution in [0.4, 0.5) is 4.70 Å². The molecule has 0 aliphatic heterocycles. The highest BCUT2D eigenvalue weighted by atomic mass is 19.0. The van der Waals surface area contributed by atoms with Gasteiger partial charge in [0.05, 0.1) is 0 Å². The molecule has 4 heavy (non-hydrogen) atoms. The van der Waals surface area contributed by atoms with E-state index < -0.39 is 0 Å². The molecule has 0 radical (unpaired) electrons. The Balaban J connectivity index is 0. The Hall–Kier alpha value is -0.760. The van der Waals surface area contributed by atoms with Crippen molar-refractivity contribution in [3.63, 3.8) is 0 Å². The molecule has 0 fully saturated rings. The Morgan fingerprint density at radius 2 is 1.75 bits per heavy atom. The van der Waals surface area contributed by atoms with E-state index in [2.05, 4.69) is 0 Å². The van der Waals surface area contributed by atoms with Gasteiger partial charge in [-0.1, -0.05) is 0 Å². The van der Waals surface area contributed by atoms with Crippen LogP contribution in [0.2, 0.25) is 0 Å². The predicted octanol–water partition coefficient (Wildman–Crippen LogP) is 1.03. The Morgan fingerprint density at radius 1 is 1.75 bits per heavy atom. The summed E-state index contributed by atoms with van der Waals surface area (Å²) >= 11 is 0. The third-order valence-corrected chi connectivity index (χ3v) is 0. The van der Waals surface area contributed by atoms with E-state index in [1.165, 1.54) is 0 Å². The van der Waals surface area contributed by atoms with E-state index in [1.54, 1.807) is 4.91 Å². The molecule has 0 rings (SSSR count). The molecule has 0 saturated carbocycles. The maximum Gasteiger partial charge on any atom is -0.00208 e. The molecule has 0 aliphatic carbocycles. The summed E-state index contributed by atoms with van der Waals surface area (Å²) in [5, 5.41) is 0. The van der Waals surface area contributed by atoms with Gasteiger partial charge in [0.1, 0.15) is 0 Å². The van der Waals surface area contributed by atoms with E-state index in [-0.39, 0.29) is 4.70 Å². The van der Waals surface area contributed by atoms with Gasteiger partial charge in [-0.25, -0.2) is 0 Å². The molecule has 0 aromatic rings. The number of hydrogen-bond acceptors (Lipinski definition) is 1. The topological polar surface area (TPSA) is 60.3 Å². The number of rotatable bonds is 0. The Bertz CT molecular complexity index is 24.3. The van der Waals surface area contributed by atoms with E-state index in [1.807, 2.05) is 0 Å². The first-order chi connectivity index (χ1) is 1.41. The van der Waals surface area contributed by atoms with Crippen molar-refractivity contribution in [2.24, 2.45) is 0 Å². The molecule has 24 valence electrons. The summed E-state index contributed by atoms with van der Waals surface area (Å²) in [6, 6.07) is 0. The minimum Gasteiger partial charge on any atom is -0.269 e. The van der Waals surface area contributed by atoms with Crippen molar-refractivity contribution < 1.29 is 4.70 Å². The van der Waals surface area contributed by atoms with Crippen molar-refractivity contribution in [1.29, 1.82) is 5.53 Å². The van der Waals surface area contributed by atoms with Gasteiger partial charge in [0.15, 0.2) is 0 Å². The molecular formula is H2FN3. The standard InChI is InChI=1S/FH.HN3/c;1-3-2/h1H;1H. The fourth-order valence-corrected chi connectivity index (χ4v) is 0. The van der Waals surface area contributed by atoms with Gasteiger partial charge in [-0.3, -0.25) is 4.70 Å². The van der Waals surface area contributed by atoms with Crippen LogP contribution in [-0.2, 0) is 0 Å². The van der Waals surface area contributed by atoms with Crippen molar-refractivity contribution in [1.82, 2.24) is 0 Å². The van der Waals surface area contributed by atoms with Gasteiger partial charge in [0.25, 0.3) is 0 Å². The molecule has 0 heterocycles. The summed E-state index contributed by atoms with van der Waals surface area (Å²) in [5.41, 5.74) is 12.2. The second-order valence-electron chi connectivity index (χ2n) is 0.100. The van der Waals surface area contributed by atoms with Crippen LogP contribution in [0.3, 0.4) is 0 Å². The van der Waals surface area contributed by atoms with Gasteiger partial charge in [-0.2, -0.15) is 0 Å². The number of nitrogens with zero attached hydrogens (tertiary/aromatic N) is 2. The summed E-state index contributed by atoms with van der Waals surface area (Å²) in [5.74, 6) is 0. The highest BCUT2D eigenvalue weighted by molar-refractivity contribution is 4.18. The Labute approximate surface area is 22.0 Å². The van der Waals surface area contributed by atoms with E-state index in [0.29, 0.717) is 0 Å². The van der Waals surface area contributed by atoms with Crippen molar-refractivity contribution in [3.05, 3.63) is 10.4 Å². The smallest absolute Gasteiger partial charge is 0.00208 e. The van der Waals surface area contributed by atoms with Crippen molar-refractivity contribution >= 4 is 0 Å². The van der Waals surface area contributed by atoms with Crippen molar-refractivity contribution in [3.8, 4) is 0 Å². The predicted molar refractivity (Wildman–Crippen MR) is 11.9 cm³/mol. The lowest BCUT2D eigenvalue weighted by atomic mass is 13.0. The summed E-state index contributed by atoms with van der Waals surface area (Å²) in [6.07, 6.45) is 0. The highest BCUT2D eigenvalue weighted by Gasteiger charge is 0.973. The molecule has 1 N–H and O–H groups in total. The van der Waals surface area contributed by atoms with Crippen molar-refractivity contribution in [2.45, 2.75) is 0 Å². The summed E-state index contributed by atoms with van der Waals surface area (Å²) in [6.45, 7) is 0. The molecule has 4 heteroatoms. The van der Waals surface area contributed by atoms with Crippen LogP contribution in [0.5, 0.6) is 0 Å². The van der Waals surface area contributed by atoms with Gasteiger partial charge < -0.3 is 0 Å². The zero-order chi connectivity index (χ0) is 2.71. The number of nitrogens with one attached hydrogen (secondary N) is 1. The zero-order valence-corrected chi connectivity index (χ0v) is 1.80. The van der Waals surface area contributed by atoms with Crippen LogP contribution in [-0.4, -0.2) is 0 Å². The minimum atomic E-state index is 0. The first-order valence-corrected chi connectivity index (χ1v) is 0.424. The molecule has 3 nitrogen and oxygen atoms in total. The average molecular weight is 63.0 g/mol. The number of hydrogen-bond donors (Lipinski definition) is 1. The van der Waals surface area contributed by atoms with Crippen LogP contribution >= 0.6 is 0 Å². The fourth-order valence-electron chi connectivity index (χ4n) is 0. The second-order valence-corrected chi connectivity index (χ2v) is 0.100. The lowest BCUT2D eigenvalue weighted by Gasteiger charge is -1.03. The van der Waals surface area contributed by atoms with E-state index in [0.717, 1.165) is 0 Å². The quantitative estimate of drug-likeness (QED) is 0.248. The SMILES string of the molecule is F.[N-]=[N+]=N. The van der Waals surface area contributed by atoms with Crippen molar-refractivity contribution in [2.75, 3.05) is 0 Å². The van der Waals surface area contributed by atoms with Crippen LogP contribution in [0.25, 0.3) is 10.4 Å². The second kappa shape index (κ2) is 59.8. The molecule has 0 bridgehead atoms. The molecule has 0 aromatic heterocycles. The minimum absolute atomic E-state index is 0. The maximum absolute atomic E-state index is 6.86. The lowest BCUT2D eigenvalue weighted by molar-refractivity contribution is 1.11. The van der Waals surface area contributed by atoms with Gasteiger partial charge in [0.2, 0.25) is 0 Å². The first kappa shape index (κ1) is 10.6. The average Bonchev–Trinajstić information content (AvgIpc) is 0.918. The molecule has 0 aliphatic rings. The van der Waals surface area contributed by atoms with Crippen LogP contribution in [0.1, 0.15) is 0 Å². The molecule has 0 saturated heterocycles. The largest absolute Gasteiger partial charge is 0.269 e. The number of halogens is 1. The first-order valence-electron chi connectivity index (χ1n) is 0.424. The molecule has 0 spiro atoms. The highest BCUT2D eigenvalue weighted by Crippen LogP contribution is 1.24. The molecule has 0 atom stereocenters. The Kier molecular flexibility index (Phi) is 158. The van der Waals surface area contributed by atoms with E-state index >= 15 is 0 Å². The molecular weight excluding hydrogens is 61.0 g/mol. The Morgan fingerprint density at radius 3 is 1.75 bits per heavy atom. The summed E-state index contributed by atoms with van der Waals surface area (Å²) in [4.78, 5) is 1.75. The van der Waals surface area contributed by atoms with Crippen LogP contribution in [0, 0.1) is 5.53 Å². The normalized spacial score (nSPS) is 2.00. The monoisotopic (exact) mass is 63.0 g/mol. The van der Waals surface area contributed by atoms with E-state index in [9.17, 15) is 0 Å². The summed E-state index contributed by atoms with van der Waals surface area (Å²) in [7, 11) is 0. The third kappa shape index (κ3) is 0.124. The molecule has 0 aromatic carbocycles. The van der Waals surface area contributed by atoms with Gasteiger partial charge in [-0.05, 0) is 10.4 Å². The van der Waals surface area contributed by atoms with Crippen LogP contribution in [0.15, 0.2) is 0 Å². The molecule has 0 unspecified atom stereocenters.